The Labute approximate surface area is 113 Å². The van der Waals surface area contributed by atoms with Crippen molar-refractivity contribution < 1.29 is 18.0 Å². The summed E-state index contributed by atoms with van der Waals surface area (Å²) in [6.45, 7) is 2.24. The van der Waals surface area contributed by atoms with Gasteiger partial charge in [0.05, 0.1) is 12.1 Å². The van der Waals surface area contributed by atoms with Crippen LogP contribution in [0.4, 0.5) is 19.0 Å². The summed E-state index contributed by atoms with van der Waals surface area (Å²) in [5.41, 5.74) is -0.913. The van der Waals surface area contributed by atoms with Gasteiger partial charge in [0, 0.05) is 6.54 Å². The molecular formula is C11H13ClF3N3O. The third-order valence-electron chi connectivity index (χ3n) is 2.12. The van der Waals surface area contributed by atoms with Crippen LogP contribution < -0.4 is 10.6 Å². The predicted octanol–water partition coefficient (Wildman–Crippen LogP) is 2.69. The molecule has 1 aromatic rings. The maximum atomic E-state index is 12.5. The maximum Gasteiger partial charge on any atom is 0.416 e. The molecule has 0 aliphatic heterocycles. The lowest BCUT2D eigenvalue weighted by Gasteiger charge is -2.10. The van der Waals surface area contributed by atoms with Crippen molar-refractivity contribution in [1.82, 2.24) is 10.3 Å². The highest BCUT2D eigenvalue weighted by Crippen LogP contribution is 2.31. The summed E-state index contributed by atoms with van der Waals surface area (Å²) in [5, 5.41) is 4.79. The Morgan fingerprint density at radius 2 is 2.11 bits per heavy atom. The van der Waals surface area contributed by atoms with Crippen LogP contribution in [0.15, 0.2) is 12.1 Å². The van der Waals surface area contributed by atoms with Gasteiger partial charge in [-0.25, -0.2) is 4.98 Å². The van der Waals surface area contributed by atoms with Crippen LogP contribution in [0.3, 0.4) is 0 Å². The number of pyridine rings is 1. The second-order valence-electron chi connectivity index (χ2n) is 3.77. The van der Waals surface area contributed by atoms with E-state index in [0.717, 1.165) is 18.6 Å². The average molecular weight is 296 g/mol. The molecule has 0 aliphatic rings. The quantitative estimate of drug-likeness (QED) is 0.821. The second-order valence-corrected chi connectivity index (χ2v) is 4.15. The Kier molecular flexibility index (Phi) is 5.41. The van der Waals surface area contributed by atoms with Gasteiger partial charge in [0.25, 0.3) is 0 Å². The van der Waals surface area contributed by atoms with Gasteiger partial charge in [-0.1, -0.05) is 18.5 Å². The molecule has 0 aromatic carbocycles. The van der Waals surface area contributed by atoms with E-state index in [-0.39, 0.29) is 23.4 Å². The summed E-state index contributed by atoms with van der Waals surface area (Å²) < 4.78 is 37.6. The van der Waals surface area contributed by atoms with Gasteiger partial charge in [0.15, 0.2) is 0 Å². The van der Waals surface area contributed by atoms with Crippen LogP contribution in [0.2, 0.25) is 5.15 Å². The van der Waals surface area contributed by atoms with Gasteiger partial charge >= 0.3 is 6.18 Å². The van der Waals surface area contributed by atoms with E-state index >= 15 is 0 Å². The first-order valence-corrected chi connectivity index (χ1v) is 5.96. The summed E-state index contributed by atoms with van der Waals surface area (Å²) in [7, 11) is 0. The van der Waals surface area contributed by atoms with Crippen molar-refractivity contribution in [1.29, 1.82) is 0 Å². The Bertz CT molecular complexity index is 451. The average Bonchev–Trinajstić information content (AvgIpc) is 2.32. The fourth-order valence-electron chi connectivity index (χ4n) is 1.25. The van der Waals surface area contributed by atoms with Crippen molar-refractivity contribution in [2.75, 3.05) is 18.4 Å². The minimum Gasteiger partial charge on any atom is -0.361 e. The van der Waals surface area contributed by atoms with E-state index in [0.29, 0.717) is 6.54 Å². The second kappa shape index (κ2) is 6.60. The fraction of sp³-hybridized carbons (Fsp3) is 0.455. The number of nitrogens with one attached hydrogen (secondary N) is 2. The number of amides is 1. The van der Waals surface area contributed by atoms with Crippen LogP contribution in [0.1, 0.15) is 18.9 Å². The largest absolute Gasteiger partial charge is 0.416 e. The highest BCUT2D eigenvalue weighted by molar-refractivity contribution is 6.29. The minimum atomic E-state index is -4.51. The number of hydrogen-bond donors (Lipinski definition) is 2. The predicted molar refractivity (Wildman–Crippen MR) is 66.0 cm³/mol. The van der Waals surface area contributed by atoms with Crippen molar-refractivity contribution in [2.45, 2.75) is 19.5 Å². The molecule has 4 nitrogen and oxygen atoms in total. The molecule has 0 saturated heterocycles. The van der Waals surface area contributed by atoms with Gasteiger partial charge in [-0.2, -0.15) is 13.2 Å². The van der Waals surface area contributed by atoms with Gasteiger partial charge in [-0.3, -0.25) is 4.79 Å². The molecule has 0 bridgehead atoms. The number of anilines is 1. The smallest absolute Gasteiger partial charge is 0.361 e. The number of halogens is 4. The molecular weight excluding hydrogens is 283 g/mol. The molecule has 0 unspecified atom stereocenters. The van der Waals surface area contributed by atoms with Crippen LogP contribution in [-0.2, 0) is 11.0 Å². The van der Waals surface area contributed by atoms with E-state index < -0.39 is 11.7 Å². The Morgan fingerprint density at radius 1 is 1.42 bits per heavy atom. The third kappa shape index (κ3) is 5.34. The van der Waals surface area contributed by atoms with E-state index in [1.807, 2.05) is 6.92 Å². The first-order chi connectivity index (χ1) is 8.82. The first-order valence-electron chi connectivity index (χ1n) is 5.58. The molecule has 106 valence electrons. The number of carbonyl (C=O) groups is 1. The maximum absolute atomic E-state index is 12.5. The van der Waals surface area contributed by atoms with Gasteiger partial charge in [0.2, 0.25) is 5.91 Å². The number of carbonyl (C=O) groups excluding carboxylic acids is 1. The molecule has 8 heteroatoms. The highest BCUT2D eigenvalue weighted by Gasteiger charge is 2.31. The van der Waals surface area contributed by atoms with Gasteiger partial charge in [0.1, 0.15) is 11.0 Å². The Morgan fingerprint density at radius 3 is 2.68 bits per heavy atom. The Balaban J connectivity index is 2.69. The lowest BCUT2D eigenvalue weighted by molar-refractivity contribution is -0.137. The molecule has 2 N–H and O–H groups in total. The molecule has 19 heavy (non-hydrogen) atoms. The molecule has 1 aromatic heterocycles. The monoisotopic (exact) mass is 295 g/mol. The van der Waals surface area contributed by atoms with Crippen molar-refractivity contribution in [3.8, 4) is 0 Å². The molecule has 0 spiro atoms. The van der Waals surface area contributed by atoms with Gasteiger partial charge < -0.3 is 10.6 Å². The van der Waals surface area contributed by atoms with Crippen LogP contribution in [-0.4, -0.2) is 24.0 Å². The van der Waals surface area contributed by atoms with E-state index in [1.54, 1.807) is 0 Å². The van der Waals surface area contributed by atoms with Crippen LogP contribution in [0.25, 0.3) is 0 Å². The lowest BCUT2D eigenvalue weighted by Crippen LogP contribution is -2.30. The van der Waals surface area contributed by atoms with E-state index in [9.17, 15) is 18.0 Å². The van der Waals surface area contributed by atoms with Crippen molar-refractivity contribution in [3.05, 3.63) is 22.8 Å². The zero-order valence-corrected chi connectivity index (χ0v) is 10.9. The van der Waals surface area contributed by atoms with Crippen LogP contribution in [0.5, 0.6) is 0 Å². The lowest BCUT2D eigenvalue weighted by atomic mass is 10.2. The molecule has 0 atom stereocenters. The summed E-state index contributed by atoms with van der Waals surface area (Å²) >= 11 is 5.50. The molecule has 1 rings (SSSR count). The highest BCUT2D eigenvalue weighted by atomic mass is 35.5. The number of nitrogens with zero attached hydrogens (tertiary/aromatic N) is 1. The van der Waals surface area contributed by atoms with E-state index in [2.05, 4.69) is 15.6 Å². The first kappa shape index (κ1) is 15.6. The SMILES string of the molecule is CCCNC(=O)CNc1cc(C(F)(F)F)cc(Cl)n1. The van der Waals surface area contributed by atoms with Crippen molar-refractivity contribution >= 4 is 23.3 Å². The number of hydrogen-bond acceptors (Lipinski definition) is 3. The number of alkyl halides is 3. The molecule has 1 amide bonds. The molecule has 0 saturated carbocycles. The van der Waals surface area contributed by atoms with Gasteiger partial charge in [-0.15, -0.1) is 0 Å². The molecule has 0 radical (unpaired) electrons. The minimum absolute atomic E-state index is 0.0912. The van der Waals surface area contributed by atoms with Crippen LogP contribution >= 0.6 is 11.6 Å². The number of aromatic nitrogens is 1. The van der Waals surface area contributed by atoms with E-state index in [1.165, 1.54) is 0 Å². The molecule has 1 heterocycles. The van der Waals surface area contributed by atoms with Gasteiger partial charge in [-0.05, 0) is 18.6 Å². The van der Waals surface area contributed by atoms with Crippen molar-refractivity contribution in [2.24, 2.45) is 0 Å². The number of rotatable bonds is 5. The van der Waals surface area contributed by atoms with E-state index in [4.69, 9.17) is 11.6 Å². The summed E-state index contributed by atoms with van der Waals surface area (Å²) in [5.74, 6) is -0.413. The van der Waals surface area contributed by atoms with Crippen molar-refractivity contribution in [3.63, 3.8) is 0 Å². The fourth-order valence-corrected chi connectivity index (χ4v) is 1.46. The summed E-state index contributed by atoms with van der Waals surface area (Å²) in [6.07, 6.45) is -3.73. The topological polar surface area (TPSA) is 54.0 Å². The third-order valence-corrected chi connectivity index (χ3v) is 2.32. The summed E-state index contributed by atoms with van der Waals surface area (Å²) in [6, 6.07) is 1.53. The normalized spacial score (nSPS) is 11.2. The standard InChI is InChI=1S/C11H13ClF3N3O/c1-2-3-16-10(19)6-17-9-5-7(11(13,14)15)4-8(12)18-9/h4-5H,2-3,6H2,1H3,(H,16,19)(H,17,18). The zero-order valence-electron chi connectivity index (χ0n) is 10.1. The zero-order chi connectivity index (χ0) is 14.5. The Hall–Kier alpha value is -1.50. The summed E-state index contributed by atoms with van der Waals surface area (Å²) in [4.78, 5) is 15.0. The molecule has 0 fully saturated rings. The van der Waals surface area contributed by atoms with Crippen LogP contribution in [0, 0.1) is 0 Å². The molecule has 0 aliphatic carbocycles.